The lowest BCUT2D eigenvalue weighted by Gasteiger charge is -2.40. The van der Waals surface area contributed by atoms with Crippen molar-refractivity contribution in [2.75, 3.05) is 0 Å². The molecule has 0 bridgehead atoms. The highest BCUT2D eigenvalue weighted by atomic mass is 16.1. The van der Waals surface area contributed by atoms with E-state index in [9.17, 15) is 4.79 Å². The van der Waals surface area contributed by atoms with Crippen molar-refractivity contribution in [2.45, 2.75) is 51.4 Å². The van der Waals surface area contributed by atoms with Crippen LogP contribution in [0.3, 0.4) is 0 Å². The van der Waals surface area contributed by atoms with Gasteiger partial charge in [-0.05, 0) is 30.6 Å². The van der Waals surface area contributed by atoms with Crippen LogP contribution in [0.4, 0.5) is 0 Å². The van der Waals surface area contributed by atoms with Gasteiger partial charge in [-0.25, -0.2) is 0 Å². The van der Waals surface area contributed by atoms with Crippen LogP contribution in [0.15, 0.2) is 0 Å². The molecule has 0 aromatic rings. The summed E-state index contributed by atoms with van der Waals surface area (Å²) in [5, 5.41) is 0. The molecule has 1 heteroatoms. The van der Waals surface area contributed by atoms with Crippen LogP contribution in [0.2, 0.25) is 0 Å². The molecule has 0 amide bonds. The van der Waals surface area contributed by atoms with Crippen LogP contribution < -0.4 is 0 Å². The van der Waals surface area contributed by atoms with E-state index in [-0.39, 0.29) is 0 Å². The molecule has 3 unspecified atom stereocenters. The number of aldehydes is 1. The highest BCUT2D eigenvalue weighted by Crippen LogP contribution is 2.44. The Kier molecular flexibility index (Phi) is 3.02. The molecular weight excluding hydrogens is 160 g/mol. The fraction of sp³-hybridized carbons (Fsp3) is 0.917. The van der Waals surface area contributed by atoms with Gasteiger partial charge >= 0.3 is 0 Å². The Bertz CT molecular complexity index is 174. The fourth-order valence-corrected chi connectivity index (χ4v) is 3.49. The van der Waals surface area contributed by atoms with Crippen molar-refractivity contribution < 1.29 is 4.79 Å². The molecule has 13 heavy (non-hydrogen) atoms. The zero-order chi connectivity index (χ0) is 9.10. The lowest BCUT2D eigenvalue weighted by molar-refractivity contribution is -0.109. The average molecular weight is 180 g/mol. The minimum absolute atomic E-state index is 0.747. The molecule has 74 valence electrons. The summed E-state index contributed by atoms with van der Waals surface area (Å²) in [7, 11) is 0. The van der Waals surface area contributed by atoms with Gasteiger partial charge in [-0.3, -0.25) is 0 Å². The average Bonchev–Trinajstić information content (AvgIpc) is 2.19. The lowest BCUT2D eigenvalue weighted by Crippen LogP contribution is -2.31. The summed E-state index contributed by atoms with van der Waals surface area (Å²) in [6, 6.07) is 0. The van der Waals surface area contributed by atoms with E-state index in [1.165, 1.54) is 44.9 Å². The van der Waals surface area contributed by atoms with Gasteiger partial charge in [0.25, 0.3) is 0 Å². The summed E-state index contributed by atoms with van der Waals surface area (Å²) < 4.78 is 0. The van der Waals surface area contributed by atoms with Gasteiger partial charge < -0.3 is 4.79 Å². The first-order chi connectivity index (χ1) is 6.42. The standard InChI is InChI=1S/C12H20O/c13-9-8-11-6-3-5-10-4-1-2-7-12(10)11/h9-12H,1-8H2. The van der Waals surface area contributed by atoms with Gasteiger partial charge in [0.1, 0.15) is 6.29 Å². The second-order valence-electron chi connectivity index (χ2n) is 4.80. The molecule has 2 saturated carbocycles. The maximum Gasteiger partial charge on any atom is 0.120 e. The van der Waals surface area contributed by atoms with E-state index >= 15 is 0 Å². The molecule has 0 heterocycles. The van der Waals surface area contributed by atoms with Crippen LogP contribution >= 0.6 is 0 Å². The minimum atomic E-state index is 0.747. The third-order valence-electron chi connectivity index (χ3n) is 4.12. The molecule has 0 aromatic carbocycles. The number of carbonyl (C=O) groups excluding carboxylic acids is 1. The highest BCUT2D eigenvalue weighted by molar-refractivity contribution is 5.49. The molecule has 0 aromatic heterocycles. The van der Waals surface area contributed by atoms with Crippen molar-refractivity contribution in [3.63, 3.8) is 0 Å². The Morgan fingerprint density at radius 3 is 2.62 bits per heavy atom. The third kappa shape index (κ3) is 1.95. The summed E-state index contributed by atoms with van der Waals surface area (Å²) in [5.74, 6) is 2.64. The maximum atomic E-state index is 10.5. The monoisotopic (exact) mass is 180 g/mol. The molecule has 2 fully saturated rings. The number of rotatable bonds is 2. The van der Waals surface area contributed by atoms with Gasteiger partial charge in [-0.1, -0.05) is 32.1 Å². The summed E-state index contributed by atoms with van der Waals surface area (Å²) in [6.45, 7) is 0. The second kappa shape index (κ2) is 4.26. The molecule has 0 N–H and O–H groups in total. The van der Waals surface area contributed by atoms with E-state index in [4.69, 9.17) is 0 Å². The van der Waals surface area contributed by atoms with Crippen LogP contribution in [-0.2, 0) is 4.79 Å². The quantitative estimate of drug-likeness (QED) is 0.596. The normalized spacial score (nSPS) is 39.5. The van der Waals surface area contributed by atoms with E-state index in [0.717, 1.165) is 30.5 Å². The van der Waals surface area contributed by atoms with Crippen LogP contribution in [-0.4, -0.2) is 6.29 Å². The topological polar surface area (TPSA) is 17.1 Å². The molecule has 2 aliphatic carbocycles. The second-order valence-corrected chi connectivity index (χ2v) is 4.80. The van der Waals surface area contributed by atoms with Crippen LogP contribution in [0.5, 0.6) is 0 Å². The van der Waals surface area contributed by atoms with Crippen LogP contribution in [0.25, 0.3) is 0 Å². The largest absolute Gasteiger partial charge is 0.303 e. The van der Waals surface area contributed by atoms with E-state index in [2.05, 4.69) is 0 Å². The van der Waals surface area contributed by atoms with Crippen molar-refractivity contribution in [2.24, 2.45) is 17.8 Å². The third-order valence-corrected chi connectivity index (χ3v) is 4.12. The first kappa shape index (κ1) is 9.23. The summed E-state index contributed by atoms with van der Waals surface area (Å²) in [4.78, 5) is 10.5. The molecular formula is C12H20O. The zero-order valence-corrected chi connectivity index (χ0v) is 8.37. The molecule has 0 aliphatic heterocycles. The number of hydrogen-bond acceptors (Lipinski definition) is 1. The lowest BCUT2D eigenvalue weighted by atomic mass is 9.65. The van der Waals surface area contributed by atoms with Crippen LogP contribution in [0.1, 0.15) is 51.4 Å². The van der Waals surface area contributed by atoms with E-state index in [0.29, 0.717) is 0 Å². The van der Waals surface area contributed by atoms with E-state index in [1.54, 1.807) is 0 Å². The predicted molar refractivity (Wildman–Crippen MR) is 53.5 cm³/mol. The summed E-state index contributed by atoms with van der Waals surface area (Å²) in [5.41, 5.74) is 0. The van der Waals surface area contributed by atoms with Gasteiger partial charge in [0.05, 0.1) is 0 Å². The number of fused-ring (bicyclic) bond motifs is 1. The smallest absolute Gasteiger partial charge is 0.120 e. The van der Waals surface area contributed by atoms with Gasteiger partial charge in [0.15, 0.2) is 0 Å². The summed E-state index contributed by atoms with van der Waals surface area (Å²) >= 11 is 0. The van der Waals surface area contributed by atoms with Gasteiger partial charge in [-0.2, -0.15) is 0 Å². The van der Waals surface area contributed by atoms with Crippen molar-refractivity contribution in [1.29, 1.82) is 0 Å². The van der Waals surface area contributed by atoms with Crippen molar-refractivity contribution in [1.82, 2.24) is 0 Å². The number of carbonyl (C=O) groups is 1. The predicted octanol–water partition coefficient (Wildman–Crippen LogP) is 3.18. The maximum absolute atomic E-state index is 10.5. The van der Waals surface area contributed by atoms with Gasteiger partial charge in [0, 0.05) is 6.42 Å². The van der Waals surface area contributed by atoms with Crippen LogP contribution in [0, 0.1) is 17.8 Å². The summed E-state index contributed by atoms with van der Waals surface area (Å²) in [6.07, 6.45) is 11.8. The molecule has 0 radical (unpaired) electrons. The van der Waals surface area contributed by atoms with Gasteiger partial charge in [-0.15, -0.1) is 0 Å². The van der Waals surface area contributed by atoms with E-state index in [1.807, 2.05) is 0 Å². The molecule has 0 spiro atoms. The first-order valence-electron chi connectivity index (χ1n) is 5.85. The van der Waals surface area contributed by atoms with Crippen molar-refractivity contribution >= 4 is 6.29 Å². The molecule has 1 nitrogen and oxygen atoms in total. The van der Waals surface area contributed by atoms with E-state index < -0.39 is 0 Å². The molecule has 3 atom stereocenters. The van der Waals surface area contributed by atoms with Crippen molar-refractivity contribution in [3.8, 4) is 0 Å². The molecule has 2 aliphatic rings. The molecule has 2 rings (SSSR count). The Labute approximate surface area is 80.9 Å². The SMILES string of the molecule is O=CCC1CCCC2CCCCC12. The van der Waals surface area contributed by atoms with Gasteiger partial charge in [0.2, 0.25) is 0 Å². The Morgan fingerprint density at radius 1 is 1.00 bits per heavy atom. The molecule has 0 saturated heterocycles. The van der Waals surface area contributed by atoms with Crippen molar-refractivity contribution in [3.05, 3.63) is 0 Å². The highest BCUT2D eigenvalue weighted by Gasteiger charge is 2.34. The Hall–Kier alpha value is -0.330. The Morgan fingerprint density at radius 2 is 1.77 bits per heavy atom. The Balaban J connectivity index is 1.98. The zero-order valence-electron chi connectivity index (χ0n) is 8.37. The fourth-order valence-electron chi connectivity index (χ4n) is 3.49. The minimum Gasteiger partial charge on any atom is -0.303 e. The number of hydrogen-bond donors (Lipinski definition) is 0. The first-order valence-corrected chi connectivity index (χ1v) is 5.85.